The predicted molar refractivity (Wildman–Crippen MR) is 76.2 cm³/mol. The molecule has 1 fully saturated rings. The minimum Gasteiger partial charge on any atom is -0.343 e. The molecular weight excluding hydrogens is 252 g/mol. The number of hydrogen-bond donors (Lipinski definition) is 1. The van der Waals surface area contributed by atoms with Crippen molar-refractivity contribution in [2.45, 2.75) is 18.9 Å². The van der Waals surface area contributed by atoms with Crippen molar-refractivity contribution >= 4 is 0 Å². The number of hydrogen-bond acceptors (Lipinski definition) is 5. The van der Waals surface area contributed by atoms with Gasteiger partial charge in [0.05, 0.1) is 0 Å². The summed E-state index contributed by atoms with van der Waals surface area (Å²) in [5, 5.41) is 7.50. The maximum atomic E-state index is 4.78. The van der Waals surface area contributed by atoms with Crippen molar-refractivity contribution in [2.75, 3.05) is 26.2 Å². The molecule has 1 saturated heterocycles. The number of rotatable bonds is 4. The third kappa shape index (κ3) is 3.43. The molecule has 1 N–H and O–H groups in total. The molecule has 0 radical (unpaired) electrons. The van der Waals surface area contributed by atoms with Crippen LogP contribution in [0.15, 0.2) is 41.2 Å². The maximum absolute atomic E-state index is 4.78. The van der Waals surface area contributed by atoms with E-state index in [1.807, 2.05) is 0 Å². The van der Waals surface area contributed by atoms with Crippen LogP contribution in [-0.2, 0) is 6.42 Å². The summed E-state index contributed by atoms with van der Waals surface area (Å²) in [4.78, 5) is 6.56. The highest BCUT2D eigenvalue weighted by atomic mass is 16.5. The van der Waals surface area contributed by atoms with Crippen LogP contribution in [0.25, 0.3) is 0 Å². The molecule has 106 valence electrons. The monoisotopic (exact) mass is 272 g/mol. The van der Waals surface area contributed by atoms with E-state index < -0.39 is 0 Å². The molecule has 0 spiro atoms. The van der Waals surface area contributed by atoms with Gasteiger partial charge in [-0.2, -0.15) is 4.98 Å². The molecule has 0 bridgehead atoms. The van der Waals surface area contributed by atoms with E-state index in [1.54, 1.807) is 0 Å². The number of aromatic nitrogens is 2. The smallest absolute Gasteiger partial charge is 0.213 e. The Balaban J connectivity index is 1.60. The largest absolute Gasteiger partial charge is 0.343 e. The van der Waals surface area contributed by atoms with Crippen LogP contribution in [0.5, 0.6) is 0 Å². The Kier molecular flexibility index (Phi) is 4.40. The van der Waals surface area contributed by atoms with Crippen LogP contribution in [0, 0.1) is 0 Å². The zero-order valence-electron chi connectivity index (χ0n) is 11.5. The first-order valence-electron chi connectivity index (χ1n) is 7.18. The molecule has 5 heteroatoms. The van der Waals surface area contributed by atoms with Crippen molar-refractivity contribution in [3.8, 4) is 0 Å². The lowest BCUT2D eigenvalue weighted by Crippen LogP contribution is -2.33. The number of benzene rings is 1. The molecular formula is C15H20N4O. The van der Waals surface area contributed by atoms with Crippen molar-refractivity contribution in [1.82, 2.24) is 20.4 Å². The van der Waals surface area contributed by atoms with E-state index in [1.165, 1.54) is 18.4 Å². The first kappa shape index (κ1) is 13.3. The fourth-order valence-electron chi connectivity index (χ4n) is 2.67. The van der Waals surface area contributed by atoms with Crippen LogP contribution in [-0.4, -0.2) is 41.2 Å². The average Bonchev–Trinajstić information content (AvgIpc) is 2.90. The summed E-state index contributed by atoms with van der Waals surface area (Å²) < 4.78 is 4.78. The van der Waals surface area contributed by atoms with E-state index in [2.05, 4.69) is 50.7 Å². The van der Waals surface area contributed by atoms with E-state index in [0.29, 0.717) is 6.04 Å². The first-order valence-corrected chi connectivity index (χ1v) is 7.18. The quantitative estimate of drug-likeness (QED) is 0.917. The zero-order chi connectivity index (χ0) is 13.6. The lowest BCUT2D eigenvalue weighted by Gasteiger charge is -2.24. The Morgan fingerprint density at radius 2 is 2.20 bits per heavy atom. The highest BCUT2D eigenvalue weighted by Crippen LogP contribution is 2.16. The van der Waals surface area contributed by atoms with E-state index in [4.69, 9.17) is 4.52 Å². The molecule has 1 aliphatic heterocycles. The topological polar surface area (TPSA) is 54.2 Å². The van der Waals surface area contributed by atoms with Crippen molar-refractivity contribution < 1.29 is 4.52 Å². The van der Waals surface area contributed by atoms with Gasteiger partial charge in [0.2, 0.25) is 6.39 Å². The molecule has 1 atom stereocenters. The Hall–Kier alpha value is -1.72. The highest BCUT2D eigenvalue weighted by Gasteiger charge is 2.19. The SMILES string of the molecule is c1ccc(C2CN(CCc3ncon3)CCCN2)cc1. The van der Waals surface area contributed by atoms with Gasteiger partial charge in [-0.15, -0.1) is 0 Å². The maximum Gasteiger partial charge on any atom is 0.213 e. The second kappa shape index (κ2) is 6.63. The van der Waals surface area contributed by atoms with Crippen LogP contribution in [0.4, 0.5) is 0 Å². The van der Waals surface area contributed by atoms with Crippen molar-refractivity contribution in [3.05, 3.63) is 48.1 Å². The van der Waals surface area contributed by atoms with Gasteiger partial charge in [-0.1, -0.05) is 35.5 Å². The Morgan fingerprint density at radius 3 is 3.00 bits per heavy atom. The standard InChI is InChI=1S/C15H20N4O/c1-2-5-13(6-3-1)14-11-19(9-4-8-16-14)10-7-15-17-12-20-18-15/h1-3,5-6,12,14,16H,4,7-11H2. The molecule has 1 aromatic carbocycles. The molecule has 1 aliphatic rings. The van der Waals surface area contributed by atoms with Gasteiger partial charge in [-0.25, -0.2) is 0 Å². The summed E-state index contributed by atoms with van der Waals surface area (Å²) in [5.74, 6) is 0.790. The summed E-state index contributed by atoms with van der Waals surface area (Å²) in [7, 11) is 0. The summed E-state index contributed by atoms with van der Waals surface area (Å²) in [5.41, 5.74) is 1.36. The molecule has 0 aliphatic carbocycles. The average molecular weight is 272 g/mol. The zero-order valence-corrected chi connectivity index (χ0v) is 11.5. The third-order valence-electron chi connectivity index (χ3n) is 3.74. The number of nitrogens with one attached hydrogen (secondary N) is 1. The van der Waals surface area contributed by atoms with Crippen molar-refractivity contribution in [3.63, 3.8) is 0 Å². The van der Waals surface area contributed by atoms with Gasteiger partial charge >= 0.3 is 0 Å². The molecule has 0 saturated carbocycles. The molecule has 3 rings (SSSR count). The van der Waals surface area contributed by atoms with Crippen molar-refractivity contribution in [2.24, 2.45) is 0 Å². The molecule has 1 unspecified atom stereocenters. The van der Waals surface area contributed by atoms with Gasteiger partial charge < -0.3 is 14.7 Å². The molecule has 2 aromatic rings. The molecule has 5 nitrogen and oxygen atoms in total. The molecule has 1 aromatic heterocycles. The van der Waals surface area contributed by atoms with E-state index >= 15 is 0 Å². The van der Waals surface area contributed by atoms with E-state index in [9.17, 15) is 0 Å². The summed E-state index contributed by atoms with van der Waals surface area (Å²) >= 11 is 0. The third-order valence-corrected chi connectivity index (χ3v) is 3.74. The Morgan fingerprint density at radius 1 is 1.30 bits per heavy atom. The van der Waals surface area contributed by atoms with Crippen LogP contribution in [0.3, 0.4) is 0 Å². The van der Waals surface area contributed by atoms with Gasteiger partial charge in [-0.05, 0) is 25.1 Å². The van der Waals surface area contributed by atoms with Crippen molar-refractivity contribution in [1.29, 1.82) is 0 Å². The lowest BCUT2D eigenvalue weighted by molar-refractivity contribution is 0.269. The van der Waals surface area contributed by atoms with Gasteiger partial charge in [-0.3, -0.25) is 0 Å². The van der Waals surface area contributed by atoms with Crippen LogP contribution >= 0.6 is 0 Å². The van der Waals surface area contributed by atoms with E-state index in [-0.39, 0.29) is 0 Å². The van der Waals surface area contributed by atoms with Gasteiger partial charge in [0.25, 0.3) is 0 Å². The second-order valence-corrected chi connectivity index (χ2v) is 5.17. The normalized spacial score (nSPS) is 20.7. The fourth-order valence-corrected chi connectivity index (χ4v) is 2.67. The van der Waals surface area contributed by atoms with Gasteiger partial charge in [0, 0.05) is 25.6 Å². The van der Waals surface area contributed by atoms with Crippen LogP contribution in [0.2, 0.25) is 0 Å². The number of nitrogens with zero attached hydrogens (tertiary/aromatic N) is 3. The molecule has 20 heavy (non-hydrogen) atoms. The summed E-state index contributed by atoms with van der Waals surface area (Å²) in [6.45, 7) is 4.19. The predicted octanol–water partition coefficient (Wildman–Crippen LogP) is 1.65. The highest BCUT2D eigenvalue weighted by molar-refractivity contribution is 5.19. The minimum absolute atomic E-state index is 0.406. The van der Waals surface area contributed by atoms with Crippen LogP contribution in [0.1, 0.15) is 23.9 Å². The lowest BCUT2D eigenvalue weighted by atomic mass is 10.1. The van der Waals surface area contributed by atoms with Crippen LogP contribution < -0.4 is 5.32 Å². The minimum atomic E-state index is 0.406. The first-order chi connectivity index (χ1) is 9.92. The Labute approximate surface area is 119 Å². The molecule has 2 heterocycles. The van der Waals surface area contributed by atoms with Gasteiger partial charge in [0.15, 0.2) is 5.82 Å². The second-order valence-electron chi connectivity index (χ2n) is 5.17. The van der Waals surface area contributed by atoms with Gasteiger partial charge in [0.1, 0.15) is 0 Å². The molecule has 0 amide bonds. The summed E-state index contributed by atoms with van der Waals surface area (Å²) in [6.07, 6.45) is 3.42. The summed E-state index contributed by atoms with van der Waals surface area (Å²) in [6, 6.07) is 11.1. The fraction of sp³-hybridized carbons (Fsp3) is 0.467. The Bertz CT molecular complexity index is 500. The van der Waals surface area contributed by atoms with E-state index in [0.717, 1.165) is 38.4 Å².